The lowest BCUT2D eigenvalue weighted by atomic mass is 9.97. The minimum absolute atomic E-state index is 0.0442. The molecule has 4 amide bonds. The molecule has 12 N–H and O–H groups in total. The lowest BCUT2D eigenvalue weighted by molar-refractivity contribution is -0.135. The van der Waals surface area contributed by atoms with Crippen LogP contribution >= 0.6 is 0 Å². The Balaban J connectivity index is 6.20. The number of nitrogens with one attached hydrogen (secondary N) is 8. The Hall–Kier alpha value is -2.69. The highest BCUT2D eigenvalue weighted by molar-refractivity contribution is 5.96. The summed E-state index contributed by atoms with van der Waals surface area (Å²) in [5.74, 6) is -2.14. The summed E-state index contributed by atoms with van der Waals surface area (Å²) in [6.07, 6.45) is 4.84. The Labute approximate surface area is 333 Å². The predicted octanol–water partition coefficient (Wildman–Crippen LogP) is 1.33. The minimum Gasteiger partial charge on any atom is -0.344 e. The summed E-state index contributed by atoms with van der Waals surface area (Å²) >= 11 is 0. The second-order valence-corrected chi connectivity index (χ2v) is 16.3. The molecule has 0 aromatic rings. The predicted molar refractivity (Wildman–Crippen MR) is 223 cm³/mol. The molecule has 0 fully saturated rings. The van der Waals surface area contributed by atoms with Crippen LogP contribution in [0.25, 0.3) is 0 Å². The van der Waals surface area contributed by atoms with E-state index in [0.717, 1.165) is 13.0 Å². The van der Waals surface area contributed by atoms with Gasteiger partial charge >= 0.3 is 0 Å². The van der Waals surface area contributed by atoms with E-state index in [1.54, 1.807) is 13.8 Å². The van der Waals surface area contributed by atoms with Gasteiger partial charge < -0.3 is 54.0 Å². The SMILES string of the molecule is CC(C)NCCCC(NC(=O)C(CCCN)NC(=O)C(CCCNC(C)C)NC(C)C)C(=O)NC(CCCN)C(=O)NC(CCCNC(C)C)C(=O)C(C)C. The molecule has 0 aliphatic carbocycles. The monoisotopic (exact) mass is 783 g/mol. The third-order valence-corrected chi connectivity index (χ3v) is 9.04. The van der Waals surface area contributed by atoms with Gasteiger partial charge in [-0.15, -0.1) is 0 Å². The second kappa shape index (κ2) is 30.4. The summed E-state index contributed by atoms with van der Waals surface area (Å²) in [6, 6.07) is -3.19. The maximum atomic E-state index is 14.0. The van der Waals surface area contributed by atoms with Gasteiger partial charge in [0.1, 0.15) is 18.1 Å². The molecule has 0 saturated carbocycles. The molecule has 0 radical (unpaired) electrons. The third kappa shape index (κ3) is 25.2. The van der Waals surface area contributed by atoms with Gasteiger partial charge in [0.2, 0.25) is 23.6 Å². The molecule has 0 saturated heterocycles. The average molecular weight is 783 g/mol. The molecular weight excluding hydrogens is 701 g/mol. The zero-order valence-electron chi connectivity index (χ0n) is 36.1. The first-order valence-corrected chi connectivity index (χ1v) is 21.0. The van der Waals surface area contributed by atoms with E-state index in [4.69, 9.17) is 11.5 Å². The number of carbonyl (C=O) groups excluding carboxylic acids is 5. The molecule has 0 aliphatic heterocycles. The molecular formula is C40H82N10O5. The minimum atomic E-state index is -0.992. The molecule has 0 aromatic heterocycles. The van der Waals surface area contributed by atoms with Crippen LogP contribution < -0.4 is 54.0 Å². The number of Topliss-reactive ketones (excluding diaryl/α,β-unsaturated/α-hetero) is 1. The first kappa shape index (κ1) is 52.3. The van der Waals surface area contributed by atoms with Crippen molar-refractivity contribution in [3.8, 4) is 0 Å². The van der Waals surface area contributed by atoms with Crippen molar-refractivity contribution in [3.05, 3.63) is 0 Å². The smallest absolute Gasteiger partial charge is 0.243 e. The highest BCUT2D eigenvalue weighted by Crippen LogP contribution is 2.10. The Morgan fingerprint density at radius 2 is 0.691 bits per heavy atom. The van der Waals surface area contributed by atoms with Crippen molar-refractivity contribution in [1.82, 2.24) is 42.5 Å². The van der Waals surface area contributed by atoms with Crippen LogP contribution in [0.1, 0.15) is 133 Å². The molecule has 55 heavy (non-hydrogen) atoms. The molecule has 15 heteroatoms. The van der Waals surface area contributed by atoms with Crippen LogP contribution in [0.15, 0.2) is 0 Å². The van der Waals surface area contributed by atoms with E-state index < -0.39 is 47.9 Å². The van der Waals surface area contributed by atoms with Gasteiger partial charge in [-0.05, 0) is 96.9 Å². The van der Waals surface area contributed by atoms with E-state index in [9.17, 15) is 24.0 Å². The molecule has 5 atom stereocenters. The van der Waals surface area contributed by atoms with Gasteiger partial charge in [0.15, 0.2) is 5.78 Å². The quantitative estimate of drug-likeness (QED) is 0.0427. The molecule has 0 spiro atoms. The molecule has 0 bridgehead atoms. The normalized spacial score (nSPS) is 14.6. The standard InChI is InChI=1S/C40H82N10O5/c1-26(2)36(51)31(18-13-23-43-27(3)4)47-38(53)33(16-11-21-41)49-40(55)35(20-15-25-45-29(7)8)50-39(54)34(17-12-22-42)48-37(52)32(46-30(9)10)19-14-24-44-28(5)6/h26-35,43-46H,11-25,41-42H2,1-10H3,(H,47,53)(H,48,52)(H,49,55)(H,50,54). The van der Waals surface area contributed by atoms with Gasteiger partial charge in [-0.3, -0.25) is 24.0 Å². The Kier molecular flexibility index (Phi) is 29.0. The maximum absolute atomic E-state index is 14.0. The van der Waals surface area contributed by atoms with E-state index in [2.05, 4.69) is 56.4 Å². The lowest BCUT2D eigenvalue weighted by Gasteiger charge is -2.28. The van der Waals surface area contributed by atoms with Crippen LogP contribution in [-0.4, -0.2) is 117 Å². The highest BCUT2D eigenvalue weighted by Gasteiger charge is 2.32. The van der Waals surface area contributed by atoms with Gasteiger partial charge in [0.25, 0.3) is 0 Å². The van der Waals surface area contributed by atoms with Gasteiger partial charge in [0.05, 0.1) is 12.1 Å². The first-order valence-electron chi connectivity index (χ1n) is 21.0. The van der Waals surface area contributed by atoms with Crippen LogP contribution in [0.3, 0.4) is 0 Å². The maximum Gasteiger partial charge on any atom is 0.243 e. The first-order chi connectivity index (χ1) is 25.9. The van der Waals surface area contributed by atoms with E-state index in [0.29, 0.717) is 83.2 Å². The van der Waals surface area contributed by atoms with Crippen molar-refractivity contribution in [2.75, 3.05) is 32.7 Å². The third-order valence-electron chi connectivity index (χ3n) is 9.04. The van der Waals surface area contributed by atoms with Gasteiger partial charge in [-0.25, -0.2) is 0 Å². The highest BCUT2D eigenvalue weighted by atomic mass is 16.2. The molecule has 15 nitrogen and oxygen atoms in total. The van der Waals surface area contributed by atoms with Crippen molar-refractivity contribution in [2.24, 2.45) is 17.4 Å². The summed E-state index contributed by atoms with van der Waals surface area (Å²) in [5, 5.41) is 25.0. The number of ketones is 1. The summed E-state index contributed by atoms with van der Waals surface area (Å²) in [5.41, 5.74) is 11.6. The van der Waals surface area contributed by atoms with E-state index in [1.165, 1.54) is 0 Å². The average Bonchev–Trinajstić information content (AvgIpc) is 3.10. The molecule has 5 unspecified atom stereocenters. The Morgan fingerprint density at radius 3 is 1.00 bits per heavy atom. The summed E-state index contributed by atoms with van der Waals surface area (Å²) in [4.78, 5) is 68.5. The fourth-order valence-corrected chi connectivity index (χ4v) is 6.01. The van der Waals surface area contributed by atoms with Crippen molar-refractivity contribution < 1.29 is 24.0 Å². The van der Waals surface area contributed by atoms with Crippen molar-refractivity contribution >= 4 is 29.4 Å². The van der Waals surface area contributed by atoms with Gasteiger partial charge in [0, 0.05) is 30.1 Å². The summed E-state index contributed by atoms with van der Waals surface area (Å²) in [7, 11) is 0. The van der Waals surface area contributed by atoms with Crippen LogP contribution in [0, 0.1) is 5.92 Å². The van der Waals surface area contributed by atoms with Crippen molar-refractivity contribution in [1.29, 1.82) is 0 Å². The molecule has 322 valence electrons. The number of hydrogen-bond acceptors (Lipinski definition) is 11. The molecule has 0 aromatic carbocycles. The Morgan fingerprint density at radius 1 is 0.400 bits per heavy atom. The van der Waals surface area contributed by atoms with E-state index in [-0.39, 0.29) is 42.5 Å². The fourth-order valence-electron chi connectivity index (χ4n) is 6.01. The molecule has 0 rings (SSSR count). The lowest BCUT2D eigenvalue weighted by Crippen LogP contribution is -2.59. The molecule has 0 heterocycles. The van der Waals surface area contributed by atoms with Gasteiger partial charge in [-0.1, -0.05) is 69.2 Å². The van der Waals surface area contributed by atoms with E-state index >= 15 is 0 Å². The fraction of sp³-hybridized carbons (Fsp3) is 0.875. The largest absolute Gasteiger partial charge is 0.344 e. The number of carbonyl (C=O) groups is 5. The number of rotatable bonds is 33. The summed E-state index contributed by atoms with van der Waals surface area (Å²) < 4.78 is 0. The second-order valence-electron chi connectivity index (χ2n) is 16.3. The van der Waals surface area contributed by atoms with Crippen LogP contribution in [-0.2, 0) is 24.0 Å². The van der Waals surface area contributed by atoms with Crippen LogP contribution in [0.5, 0.6) is 0 Å². The van der Waals surface area contributed by atoms with Crippen LogP contribution in [0.2, 0.25) is 0 Å². The number of amides is 4. The van der Waals surface area contributed by atoms with Crippen LogP contribution in [0.4, 0.5) is 0 Å². The topological polar surface area (TPSA) is 234 Å². The van der Waals surface area contributed by atoms with Gasteiger partial charge in [-0.2, -0.15) is 0 Å². The number of hydrogen-bond donors (Lipinski definition) is 10. The van der Waals surface area contributed by atoms with E-state index in [1.807, 2.05) is 41.5 Å². The van der Waals surface area contributed by atoms with Crippen molar-refractivity contribution in [3.63, 3.8) is 0 Å². The Bertz CT molecular complexity index is 1090. The summed E-state index contributed by atoms with van der Waals surface area (Å²) in [6.45, 7) is 22.5. The molecule has 0 aliphatic rings. The van der Waals surface area contributed by atoms with Crippen molar-refractivity contribution in [2.45, 2.75) is 188 Å². The zero-order chi connectivity index (χ0) is 41.9. The zero-order valence-corrected chi connectivity index (χ0v) is 36.1. The number of nitrogens with two attached hydrogens (primary N) is 2.